The Bertz CT molecular complexity index is 1070. The van der Waals surface area contributed by atoms with Crippen LogP contribution in [0.2, 0.25) is 0 Å². The first-order valence-corrected chi connectivity index (χ1v) is 20.0. The van der Waals surface area contributed by atoms with Crippen LogP contribution in [0.25, 0.3) is 0 Å². The fourth-order valence-electron chi connectivity index (χ4n) is 4.41. The van der Waals surface area contributed by atoms with Gasteiger partial charge in [0, 0.05) is 6.42 Å². The van der Waals surface area contributed by atoms with E-state index in [1.165, 1.54) is 25.7 Å². The number of aliphatic hydroxyl groups excluding tert-OH is 1. The Hall–Kier alpha value is -2.32. The molecule has 0 aromatic rings. The molecule has 0 saturated carbocycles. The molecule has 0 heterocycles. The number of carbonyl (C=O) groups excluding carboxylic acids is 1. The SMILES string of the molecule is CC/C=C\C/C=C\C/C=C\C/C=C\C/C=C\C/C=C\CCC(=O)NC(COP(=O)(O)OCC[N+](C)(C)C)C(O)/C=C/CCCCCCCC. The van der Waals surface area contributed by atoms with Gasteiger partial charge in [0.2, 0.25) is 5.91 Å². The number of phosphoric acid groups is 1. The number of likely N-dealkylation sites (N-methyl/N-ethyl adjacent to an activating group) is 1. The molecule has 3 unspecified atom stereocenters. The van der Waals surface area contributed by atoms with Crippen LogP contribution in [0.15, 0.2) is 85.1 Å². The van der Waals surface area contributed by atoms with Crippen molar-refractivity contribution in [3.05, 3.63) is 85.1 Å². The maximum absolute atomic E-state index is 12.7. The standard InChI is InChI=1S/C40H69N2O6P/c1-6-8-10-12-14-16-17-18-19-20-21-22-23-24-25-26-28-30-32-34-40(44)41-38(37-48-49(45,46)47-36-35-42(3,4)5)39(43)33-31-29-27-15-13-11-9-7-2/h8,10,14,16,18-19,21-22,24-25,28,30-31,33,38-39,43H,6-7,9,11-13,15,17,20,23,26-27,29,32,34-37H2,1-5H3,(H-,41,44,45,46)/p+1/b10-8-,16-14-,19-18-,22-21-,25-24-,30-28-,33-31+. The van der Waals surface area contributed by atoms with E-state index in [0.29, 0.717) is 17.4 Å². The second-order valence-corrected chi connectivity index (χ2v) is 14.7. The molecule has 9 heteroatoms. The molecule has 0 aromatic carbocycles. The molecule has 8 nitrogen and oxygen atoms in total. The van der Waals surface area contributed by atoms with Gasteiger partial charge >= 0.3 is 7.82 Å². The largest absolute Gasteiger partial charge is 0.472 e. The fourth-order valence-corrected chi connectivity index (χ4v) is 5.15. The van der Waals surface area contributed by atoms with Gasteiger partial charge in [-0.2, -0.15) is 0 Å². The summed E-state index contributed by atoms with van der Waals surface area (Å²) in [5.74, 6) is -0.268. The molecule has 0 aliphatic rings. The van der Waals surface area contributed by atoms with Crippen LogP contribution in [0.4, 0.5) is 0 Å². The van der Waals surface area contributed by atoms with Gasteiger partial charge in [-0.05, 0) is 57.8 Å². The van der Waals surface area contributed by atoms with Crippen molar-refractivity contribution in [3.63, 3.8) is 0 Å². The Morgan fingerprint density at radius 3 is 1.76 bits per heavy atom. The van der Waals surface area contributed by atoms with Crippen molar-refractivity contribution >= 4 is 13.7 Å². The number of nitrogens with zero attached hydrogens (tertiary/aromatic N) is 1. The van der Waals surface area contributed by atoms with Gasteiger partial charge in [-0.1, -0.05) is 131 Å². The minimum absolute atomic E-state index is 0.0426. The summed E-state index contributed by atoms with van der Waals surface area (Å²) in [6.07, 6.45) is 42.5. The van der Waals surface area contributed by atoms with Crippen molar-refractivity contribution in [1.82, 2.24) is 5.32 Å². The first-order chi connectivity index (χ1) is 23.5. The molecular weight excluding hydrogens is 635 g/mol. The molecule has 3 atom stereocenters. The average molecular weight is 706 g/mol. The summed E-state index contributed by atoms with van der Waals surface area (Å²) in [5, 5.41) is 13.6. The number of nitrogens with one attached hydrogen (secondary N) is 1. The minimum Gasteiger partial charge on any atom is -0.387 e. The van der Waals surface area contributed by atoms with Gasteiger partial charge in [0.15, 0.2) is 0 Å². The highest BCUT2D eigenvalue weighted by atomic mass is 31.2. The lowest BCUT2D eigenvalue weighted by Crippen LogP contribution is -2.45. The lowest BCUT2D eigenvalue weighted by molar-refractivity contribution is -0.870. The van der Waals surface area contributed by atoms with Crippen molar-refractivity contribution in [3.8, 4) is 0 Å². The van der Waals surface area contributed by atoms with Crippen LogP contribution in [-0.4, -0.2) is 73.4 Å². The smallest absolute Gasteiger partial charge is 0.387 e. The van der Waals surface area contributed by atoms with Crippen molar-refractivity contribution in [2.75, 3.05) is 40.9 Å². The maximum atomic E-state index is 12.7. The second kappa shape index (κ2) is 31.6. The molecule has 3 N–H and O–H groups in total. The number of allylic oxidation sites excluding steroid dienone is 13. The van der Waals surface area contributed by atoms with E-state index >= 15 is 0 Å². The van der Waals surface area contributed by atoms with Crippen LogP contribution >= 0.6 is 7.82 Å². The molecule has 0 aliphatic heterocycles. The Labute approximate surface area is 299 Å². The molecular formula is C40H70N2O6P+. The highest BCUT2D eigenvalue weighted by molar-refractivity contribution is 7.47. The summed E-state index contributed by atoms with van der Waals surface area (Å²) in [6, 6.07) is -0.888. The zero-order valence-corrected chi connectivity index (χ0v) is 32.3. The Morgan fingerprint density at radius 2 is 1.22 bits per heavy atom. The average Bonchev–Trinajstić information content (AvgIpc) is 3.04. The van der Waals surface area contributed by atoms with Crippen molar-refractivity contribution < 1.29 is 32.9 Å². The summed E-state index contributed by atoms with van der Waals surface area (Å²) < 4.78 is 23.3. The minimum atomic E-state index is -4.35. The van der Waals surface area contributed by atoms with Gasteiger partial charge in [-0.15, -0.1) is 0 Å². The summed E-state index contributed by atoms with van der Waals surface area (Å²) in [5.41, 5.74) is 0. The van der Waals surface area contributed by atoms with Gasteiger partial charge in [0.25, 0.3) is 0 Å². The molecule has 0 bridgehead atoms. The summed E-state index contributed by atoms with van der Waals surface area (Å²) in [6.45, 7) is 4.55. The van der Waals surface area contributed by atoms with Gasteiger partial charge in [0.1, 0.15) is 13.2 Å². The number of aliphatic hydroxyl groups is 1. The van der Waals surface area contributed by atoms with Crippen LogP contribution in [0, 0.1) is 0 Å². The molecule has 0 aromatic heterocycles. The van der Waals surface area contributed by atoms with Crippen molar-refractivity contribution in [2.24, 2.45) is 0 Å². The maximum Gasteiger partial charge on any atom is 0.472 e. The number of rotatable bonds is 31. The van der Waals surface area contributed by atoms with Gasteiger partial charge in [0.05, 0.1) is 39.9 Å². The van der Waals surface area contributed by atoms with E-state index in [1.807, 2.05) is 39.4 Å². The molecule has 280 valence electrons. The van der Waals surface area contributed by atoms with Gasteiger partial charge < -0.3 is 19.8 Å². The van der Waals surface area contributed by atoms with E-state index in [-0.39, 0.29) is 25.5 Å². The van der Waals surface area contributed by atoms with Crippen LogP contribution in [0.3, 0.4) is 0 Å². The van der Waals surface area contributed by atoms with Crippen LogP contribution in [0.5, 0.6) is 0 Å². The zero-order valence-electron chi connectivity index (χ0n) is 31.4. The number of unbranched alkanes of at least 4 members (excludes halogenated alkanes) is 6. The van der Waals surface area contributed by atoms with E-state index in [2.05, 4.69) is 79.9 Å². The van der Waals surface area contributed by atoms with E-state index in [1.54, 1.807) is 6.08 Å². The monoisotopic (exact) mass is 705 g/mol. The van der Waals surface area contributed by atoms with Crippen LogP contribution in [-0.2, 0) is 18.4 Å². The molecule has 0 radical (unpaired) electrons. The van der Waals surface area contributed by atoms with E-state index in [9.17, 15) is 19.4 Å². The fraction of sp³-hybridized carbons (Fsp3) is 0.625. The van der Waals surface area contributed by atoms with E-state index in [0.717, 1.165) is 57.8 Å². The second-order valence-electron chi connectivity index (χ2n) is 13.2. The first kappa shape index (κ1) is 46.7. The first-order valence-electron chi connectivity index (χ1n) is 18.5. The quantitative estimate of drug-likeness (QED) is 0.0287. The molecule has 1 amide bonds. The van der Waals surface area contributed by atoms with Crippen molar-refractivity contribution in [1.29, 1.82) is 0 Å². The normalized spacial score (nSPS) is 15.7. The lowest BCUT2D eigenvalue weighted by Gasteiger charge is -2.25. The summed E-state index contributed by atoms with van der Waals surface area (Å²) >= 11 is 0. The zero-order chi connectivity index (χ0) is 36.5. The molecule has 0 fully saturated rings. The Morgan fingerprint density at radius 1 is 0.714 bits per heavy atom. The third-order valence-electron chi connectivity index (χ3n) is 7.38. The molecule has 0 spiro atoms. The number of hydrogen-bond acceptors (Lipinski definition) is 5. The Balaban J connectivity index is 4.62. The van der Waals surface area contributed by atoms with Crippen LogP contribution < -0.4 is 5.32 Å². The lowest BCUT2D eigenvalue weighted by atomic mass is 10.1. The number of amides is 1. The van der Waals surface area contributed by atoms with Crippen LogP contribution in [0.1, 0.15) is 110 Å². The predicted octanol–water partition coefficient (Wildman–Crippen LogP) is 9.46. The molecule has 0 saturated heterocycles. The van der Waals surface area contributed by atoms with Gasteiger partial charge in [-0.25, -0.2) is 4.57 Å². The number of hydrogen-bond donors (Lipinski definition) is 3. The summed E-state index contributed by atoms with van der Waals surface area (Å²) in [7, 11) is 1.50. The third kappa shape index (κ3) is 33.9. The molecule has 49 heavy (non-hydrogen) atoms. The molecule has 0 aliphatic carbocycles. The van der Waals surface area contributed by atoms with Gasteiger partial charge in [-0.3, -0.25) is 13.8 Å². The topological polar surface area (TPSA) is 105 Å². The number of phosphoric ester groups is 1. The summed E-state index contributed by atoms with van der Waals surface area (Å²) in [4.78, 5) is 22.9. The van der Waals surface area contributed by atoms with E-state index < -0.39 is 20.0 Å². The predicted molar refractivity (Wildman–Crippen MR) is 207 cm³/mol. The number of carbonyl (C=O) groups is 1. The van der Waals surface area contributed by atoms with E-state index in [4.69, 9.17) is 9.05 Å². The Kier molecular flexibility index (Phi) is 30.1. The highest BCUT2D eigenvalue weighted by Crippen LogP contribution is 2.43. The third-order valence-corrected chi connectivity index (χ3v) is 8.37. The van der Waals surface area contributed by atoms with Crippen molar-refractivity contribution in [2.45, 2.75) is 122 Å². The highest BCUT2D eigenvalue weighted by Gasteiger charge is 2.27. The molecule has 0 rings (SSSR count). The number of quaternary nitrogens is 1.